The molecular formula is C19H25N4O2+. The molecule has 0 bridgehead atoms. The van der Waals surface area contributed by atoms with Crippen molar-refractivity contribution >= 4 is 11.7 Å². The number of amides is 2. The van der Waals surface area contributed by atoms with Crippen LogP contribution < -0.4 is 15.5 Å². The topological polar surface area (TPSA) is 67.7 Å². The lowest BCUT2D eigenvalue weighted by Crippen LogP contribution is -3.15. The van der Waals surface area contributed by atoms with Crippen LogP contribution in [0.4, 0.5) is 10.5 Å². The first kappa shape index (κ1) is 17.4. The van der Waals surface area contributed by atoms with Gasteiger partial charge in [0.15, 0.2) is 0 Å². The van der Waals surface area contributed by atoms with Crippen molar-refractivity contribution in [2.75, 3.05) is 38.2 Å². The maximum atomic E-state index is 12.3. The molecule has 2 heterocycles. The largest absolute Gasteiger partial charge is 0.370 e. The highest BCUT2D eigenvalue weighted by atomic mass is 16.5. The molecular weight excluding hydrogens is 316 g/mol. The Bertz CT molecular complexity index is 687. The van der Waals surface area contributed by atoms with Crippen LogP contribution in [-0.2, 0) is 4.74 Å². The molecule has 0 radical (unpaired) electrons. The van der Waals surface area contributed by atoms with Crippen molar-refractivity contribution in [2.24, 2.45) is 0 Å². The van der Waals surface area contributed by atoms with Crippen LogP contribution in [0.25, 0.3) is 0 Å². The molecule has 1 saturated heterocycles. The van der Waals surface area contributed by atoms with Gasteiger partial charge in [0.25, 0.3) is 0 Å². The standard InChI is InChI=1S/C19H24N4O2/c1-15-4-2-6-17(12-15)22-19(24)21-14-18(16-5-3-7-20-13-16)23-8-10-25-11-9-23/h2-7,12-13,18H,8-11,14H2,1H3,(H2,21,22,24)/p+1. The summed E-state index contributed by atoms with van der Waals surface area (Å²) in [5, 5.41) is 5.90. The van der Waals surface area contributed by atoms with Gasteiger partial charge in [-0.25, -0.2) is 4.79 Å². The van der Waals surface area contributed by atoms with E-state index in [4.69, 9.17) is 4.74 Å². The number of hydrogen-bond acceptors (Lipinski definition) is 3. The Labute approximate surface area is 148 Å². The van der Waals surface area contributed by atoms with Crippen LogP contribution in [0.15, 0.2) is 48.8 Å². The van der Waals surface area contributed by atoms with Crippen molar-refractivity contribution in [1.29, 1.82) is 0 Å². The first-order chi connectivity index (χ1) is 12.2. The van der Waals surface area contributed by atoms with Crippen LogP contribution >= 0.6 is 0 Å². The second-order valence-electron chi connectivity index (χ2n) is 6.31. The molecule has 1 unspecified atom stereocenters. The summed E-state index contributed by atoms with van der Waals surface area (Å²) < 4.78 is 5.47. The molecule has 6 nitrogen and oxygen atoms in total. The lowest BCUT2D eigenvalue weighted by Gasteiger charge is -2.31. The Kier molecular flexibility index (Phi) is 5.98. The molecule has 1 aliphatic rings. The normalized spacial score (nSPS) is 16.2. The molecule has 3 N–H and O–H groups in total. The van der Waals surface area contributed by atoms with Crippen molar-refractivity contribution in [1.82, 2.24) is 10.3 Å². The summed E-state index contributed by atoms with van der Waals surface area (Å²) in [6.45, 7) is 5.92. The third kappa shape index (κ3) is 5.01. The number of carbonyl (C=O) groups is 1. The van der Waals surface area contributed by atoms with Gasteiger partial charge >= 0.3 is 6.03 Å². The van der Waals surface area contributed by atoms with E-state index in [0.717, 1.165) is 43.1 Å². The van der Waals surface area contributed by atoms with Crippen LogP contribution in [0.3, 0.4) is 0 Å². The zero-order chi connectivity index (χ0) is 17.5. The fraction of sp³-hybridized carbons (Fsp3) is 0.368. The van der Waals surface area contributed by atoms with E-state index in [2.05, 4.69) is 21.7 Å². The van der Waals surface area contributed by atoms with E-state index in [-0.39, 0.29) is 12.1 Å². The first-order valence-corrected chi connectivity index (χ1v) is 8.66. The van der Waals surface area contributed by atoms with Gasteiger partial charge < -0.3 is 20.3 Å². The third-order valence-corrected chi connectivity index (χ3v) is 4.46. The van der Waals surface area contributed by atoms with Crippen molar-refractivity contribution in [3.8, 4) is 0 Å². The Balaban J connectivity index is 1.62. The van der Waals surface area contributed by atoms with Gasteiger partial charge in [-0.1, -0.05) is 12.1 Å². The van der Waals surface area contributed by atoms with Gasteiger partial charge in [-0.05, 0) is 36.8 Å². The number of anilines is 1. The quantitative estimate of drug-likeness (QED) is 0.765. The summed E-state index contributed by atoms with van der Waals surface area (Å²) in [5.41, 5.74) is 3.05. The molecule has 0 aliphatic carbocycles. The third-order valence-electron chi connectivity index (χ3n) is 4.46. The number of benzene rings is 1. The summed E-state index contributed by atoms with van der Waals surface area (Å²) >= 11 is 0. The van der Waals surface area contributed by atoms with Gasteiger partial charge in [0.05, 0.1) is 19.8 Å². The maximum Gasteiger partial charge on any atom is 0.319 e. The van der Waals surface area contributed by atoms with Crippen molar-refractivity contribution in [3.63, 3.8) is 0 Å². The molecule has 1 atom stereocenters. The van der Waals surface area contributed by atoms with E-state index in [1.807, 2.05) is 43.5 Å². The SMILES string of the molecule is Cc1cccc(NC(=O)NCC(c2cccnc2)[NH+]2CCOCC2)c1. The predicted molar refractivity (Wildman–Crippen MR) is 96.7 cm³/mol. The number of nitrogens with zero attached hydrogens (tertiary/aromatic N) is 1. The van der Waals surface area contributed by atoms with Gasteiger partial charge in [0.1, 0.15) is 19.1 Å². The molecule has 6 heteroatoms. The lowest BCUT2D eigenvalue weighted by atomic mass is 10.1. The summed E-state index contributed by atoms with van der Waals surface area (Å²) in [5.74, 6) is 0. The van der Waals surface area contributed by atoms with Gasteiger partial charge in [0, 0.05) is 23.6 Å². The van der Waals surface area contributed by atoms with Crippen LogP contribution in [0.5, 0.6) is 0 Å². The molecule has 25 heavy (non-hydrogen) atoms. The van der Waals surface area contributed by atoms with Crippen LogP contribution in [0.1, 0.15) is 17.2 Å². The van der Waals surface area contributed by atoms with Gasteiger partial charge in [-0.15, -0.1) is 0 Å². The number of ether oxygens (including phenoxy) is 1. The molecule has 0 spiro atoms. The van der Waals surface area contributed by atoms with E-state index in [0.29, 0.717) is 6.54 Å². The summed E-state index contributed by atoms with van der Waals surface area (Å²) in [6, 6.07) is 11.8. The molecule has 2 amide bonds. The minimum atomic E-state index is -0.188. The highest BCUT2D eigenvalue weighted by molar-refractivity contribution is 5.89. The molecule has 0 saturated carbocycles. The zero-order valence-corrected chi connectivity index (χ0v) is 14.5. The van der Waals surface area contributed by atoms with Crippen molar-refractivity contribution < 1.29 is 14.4 Å². The number of hydrogen-bond donors (Lipinski definition) is 3. The Morgan fingerprint density at radius 3 is 2.84 bits per heavy atom. The Morgan fingerprint density at radius 2 is 2.12 bits per heavy atom. The Morgan fingerprint density at radius 1 is 1.28 bits per heavy atom. The van der Waals surface area contributed by atoms with Gasteiger partial charge in [0.2, 0.25) is 0 Å². The minimum absolute atomic E-state index is 0.167. The zero-order valence-electron chi connectivity index (χ0n) is 14.5. The molecule has 1 fully saturated rings. The average Bonchev–Trinajstić information content (AvgIpc) is 2.64. The predicted octanol–water partition coefficient (Wildman–Crippen LogP) is 1.17. The van der Waals surface area contributed by atoms with Crippen LogP contribution in [0, 0.1) is 6.92 Å². The molecule has 132 valence electrons. The highest BCUT2D eigenvalue weighted by Gasteiger charge is 2.27. The van der Waals surface area contributed by atoms with E-state index >= 15 is 0 Å². The number of quaternary nitrogens is 1. The van der Waals surface area contributed by atoms with Crippen LogP contribution in [-0.4, -0.2) is 43.9 Å². The maximum absolute atomic E-state index is 12.3. The number of rotatable bonds is 5. The monoisotopic (exact) mass is 341 g/mol. The summed E-state index contributed by atoms with van der Waals surface area (Å²) in [4.78, 5) is 17.9. The van der Waals surface area contributed by atoms with Crippen molar-refractivity contribution in [2.45, 2.75) is 13.0 Å². The number of urea groups is 1. The lowest BCUT2D eigenvalue weighted by molar-refractivity contribution is -0.937. The first-order valence-electron chi connectivity index (χ1n) is 8.66. The summed E-state index contributed by atoms with van der Waals surface area (Å²) in [7, 11) is 0. The van der Waals surface area contributed by atoms with E-state index < -0.39 is 0 Å². The molecule has 1 aromatic heterocycles. The van der Waals surface area contributed by atoms with E-state index in [9.17, 15) is 4.79 Å². The fourth-order valence-corrected chi connectivity index (χ4v) is 3.15. The summed E-state index contributed by atoms with van der Waals surface area (Å²) in [6.07, 6.45) is 3.65. The average molecular weight is 341 g/mol. The smallest absolute Gasteiger partial charge is 0.319 e. The minimum Gasteiger partial charge on any atom is -0.370 e. The Hall–Kier alpha value is -2.44. The van der Waals surface area contributed by atoms with Gasteiger partial charge in [-0.3, -0.25) is 4.98 Å². The number of pyridine rings is 1. The fourth-order valence-electron chi connectivity index (χ4n) is 3.15. The van der Waals surface area contributed by atoms with E-state index in [1.54, 1.807) is 6.20 Å². The number of morpholine rings is 1. The second kappa shape index (κ2) is 8.60. The number of nitrogens with one attached hydrogen (secondary N) is 3. The number of carbonyl (C=O) groups excluding carboxylic acids is 1. The highest BCUT2D eigenvalue weighted by Crippen LogP contribution is 2.10. The van der Waals surface area contributed by atoms with Gasteiger partial charge in [-0.2, -0.15) is 0 Å². The van der Waals surface area contributed by atoms with Crippen molar-refractivity contribution in [3.05, 3.63) is 59.9 Å². The number of aryl methyl sites for hydroxylation is 1. The molecule has 1 aromatic carbocycles. The molecule has 2 aromatic rings. The molecule has 1 aliphatic heterocycles. The molecule has 3 rings (SSSR count). The van der Waals surface area contributed by atoms with E-state index in [1.165, 1.54) is 4.90 Å². The van der Waals surface area contributed by atoms with Crippen LogP contribution in [0.2, 0.25) is 0 Å². The number of aromatic nitrogens is 1. The second-order valence-corrected chi connectivity index (χ2v) is 6.31.